The number of esters is 1. The molecule has 2 rings (SSSR count). The van der Waals surface area contributed by atoms with Gasteiger partial charge in [0.2, 0.25) is 5.91 Å². The minimum atomic E-state index is -1.44. The number of ether oxygens (including phenoxy) is 1. The lowest BCUT2D eigenvalue weighted by Gasteiger charge is -2.29. The van der Waals surface area contributed by atoms with Crippen LogP contribution in [0, 0.1) is 0 Å². The third-order valence-electron chi connectivity index (χ3n) is 7.45. The van der Waals surface area contributed by atoms with Crippen molar-refractivity contribution in [1.82, 2.24) is 5.32 Å². The molecule has 1 aliphatic rings. The average Bonchev–Trinajstić information content (AvgIpc) is 2.96. The number of benzene rings is 1. The first kappa shape index (κ1) is 35.1. The monoisotopic (exact) mass is 605 g/mol. The fraction of sp³-hybridized carbons (Fsp3) is 0.618. The van der Waals surface area contributed by atoms with Crippen molar-refractivity contribution in [2.45, 2.75) is 126 Å². The van der Waals surface area contributed by atoms with E-state index in [-0.39, 0.29) is 17.8 Å². The van der Waals surface area contributed by atoms with Crippen LogP contribution in [0.4, 0.5) is 0 Å². The molecular formula is C34H49Cl2NO4. The highest BCUT2D eigenvalue weighted by Crippen LogP contribution is 2.33. The number of unbranched alkanes of at least 4 members (excludes halogenated alkanes) is 15. The van der Waals surface area contributed by atoms with Gasteiger partial charge in [-0.1, -0.05) is 157 Å². The molecule has 1 aliphatic carbocycles. The predicted molar refractivity (Wildman–Crippen MR) is 169 cm³/mol. The second kappa shape index (κ2) is 20.7. The fourth-order valence-electron chi connectivity index (χ4n) is 4.92. The zero-order valence-corrected chi connectivity index (χ0v) is 26.3. The van der Waals surface area contributed by atoms with Gasteiger partial charge in [-0.05, 0) is 24.6 Å². The summed E-state index contributed by atoms with van der Waals surface area (Å²) in [6, 6.07) is 7.71. The Balaban J connectivity index is 1.55. The van der Waals surface area contributed by atoms with E-state index in [1.54, 1.807) is 30.3 Å². The summed E-state index contributed by atoms with van der Waals surface area (Å²) in [6.07, 6.45) is 24.7. The van der Waals surface area contributed by atoms with Crippen LogP contribution in [-0.2, 0) is 14.3 Å². The zero-order valence-electron chi connectivity index (χ0n) is 24.8. The Kier molecular flexibility index (Phi) is 17.7. The lowest BCUT2D eigenvalue weighted by molar-refractivity contribution is -0.138. The van der Waals surface area contributed by atoms with Crippen LogP contribution in [0.25, 0.3) is 0 Å². The zero-order chi connectivity index (χ0) is 29.8. The standard InChI is InChI=1S/C34H49Cl2NO4/c1-2-3-4-5-6-7-8-9-10-11-12-13-14-15-16-20-25-41-33(40)29-23-24-34(35,36)31(26-29)37-32(39)27-30(38)28-21-18-17-19-22-28/h17-19,21-24,26,31H,2-16,20,25,27H2,1H3,(H,37,39). The van der Waals surface area contributed by atoms with Gasteiger partial charge in [-0.3, -0.25) is 9.59 Å². The first-order valence-electron chi connectivity index (χ1n) is 15.7. The quantitative estimate of drug-likeness (QED) is 0.0470. The second-order valence-electron chi connectivity index (χ2n) is 11.1. The molecule has 41 heavy (non-hydrogen) atoms. The largest absolute Gasteiger partial charge is 0.462 e. The number of carbonyl (C=O) groups excluding carboxylic acids is 3. The summed E-state index contributed by atoms with van der Waals surface area (Å²) < 4.78 is 3.99. The molecule has 5 nitrogen and oxygen atoms in total. The average molecular weight is 607 g/mol. The maximum absolute atomic E-state index is 12.6. The molecule has 0 bridgehead atoms. The number of halogens is 2. The van der Waals surface area contributed by atoms with E-state index in [0.29, 0.717) is 12.2 Å². The van der Waals surface area contributed by atoms with Crippen molar-refractivity contribution < 1.29 is 19.1 Å². The number of Topliss-reactive ketones (excluding diaryl/α,β-unsaturated/α-hetero) is 1. The van der Waals surface area contributed by atoms with Gasteiger partial charge >= 0.3 is 5.97 Å². The maximum atomic E-state index is 12.6. The van der Waals surface area contributed by atoms with Gasteiger partial charge in [-0.2, -0.15) is 0 Å². The molecule has 228 valence electrons. The van der Waals surface area contributed by atoms with Crippen LogP contribution >= 0.6 is 23.2 Å². The highest BCUT2D eigenvalue weighted by atomic mass is 35.5. The molecule has 1 amide bonds. The lowest BCUT2D eigenvalue weighted by atomic mass is 10.0. The Labute approximate surface area is 257 Å². The minimum absolute atomic E-state index is 0.276. The van der Waals surface area contributed by atoms with E-state index in [2.05, 4.69) is 12.2 Å². The Morgan fingerprint density at radius 1 is 0.780 bits per heavy atom. The Hall–Kier alpha value is -2.11. The molecule has 1 unspecified atom stereocenters. The van der Waals surface area contributed by atoms with E-state index in [1.807, 2.05) is 0 Å². The van der Waals surface area contributed by atoms with Crippen LogP contribution in [0.5, 0.6) is 0 Å². The smallest absolute Gasteiger partial charge is 0.337 e. The number of hydrogen-bond acceptors (Lipinski definition) is 4. The number of carbonyl (C=O) groups is 3. The van der Waals surface area contributed by atoms with Gasteiger partial charge in [-0.15, -0.1) is 0 Å². The van der Waals surface area contributed by atoms with E-state index >= 15 is 0 Å². The first-order chi connectivity index (χ1) is 19.8. The highest BCUT2D eigenvalue weighted by Gasteiger charge is 2.36. The van der Waals surface area contributed by atoms with E-state index in [1.165, 1.54) is 102 Å². The molecule has 1 aromatic rings. The van der Waals surface area contributed by atoms with Gasteiger partial charge in [0.25, 0.3) is 0 Å². The molecule has 0 heterocycles. The number of ketones is 1. The van der Waals surface area contributed by atoms with Crippen LogP contribution in [0.15, 0.2) is 54.1 Å². The second-order valence-corrected chi connectivity index (χ2v) is 12.5. The molecule has 0 aliphatic heterocycles. The first-order valence-corrected chi connectivity index (χ1v) is 16.4. The van der Waals surface area contributed by atoms with Crippen molar-refractivity contribution >= 4 is 40.9 Å². The van der Waals surface area contributed by atoms with Crippen LogP contribution in [0.2, 0.25) is 0 Å². The molecule has 0 aromatic heterocycles. The number of rotatable bonds is 22. The number of alkyl halides is 2. The number of hydrogen-bond donors (Lipinski definition) is 1. The van der Waals surface area contributed by atoms with Gasteiger partial charge in [0, 0.05) is 5.56 Å². The minimum Gasteiger partial charge on any atom is -0.462 e. The van der Waals surface area contributed by atoms with Crippen molar-refractivity contribution in [2.75, 3.05) is 6.61 Å². The molecule has 1 aromatic carbocycles. The molecule has 0 radical (unpaired) electrons. The number of amides is 1. The van der Waals surface area contributed by atoms with Crippen LogP contribution in [0.1, 0.15) is 126 Å². The summed E-state index contributed by atoms with van der Waals surface area (Å²) in [5.74, 6) is -1.32. The van der Waals surface area contributed by atoms with E-state index in [0.717, 1.165) is 19.3 Å². The lowest BCUT2D eigenvalue weighted by Crippen LogP contribution is -2.46. The van der Waals surface area contributed by atoms with Gasteiger partial charge < -0.3 is 10.1 Å². The molecule has 0 saturated heterocycles. The molecule has 0 fully saturated rings. The summed E-state index contributed by atoms with van der Waals surface area (Å²) >= 11 is 12.7. The summed E-state index contributed by atoms with van der Waals surface area (Å²) in [4.78, 5) is 37.4. The molecule has 0 saturated carbocycles. The van der Waals surface area contributed by atoms with E-state index in [9.17, 15) is 14.4 Å². The maximum Gasteiger partial charge on any atom is 0.337 e. The fourth-order valence-corrected chi connectivity index (χ4v) is 5.28. The summed E-state index contributed by atoms with van der Waals surface area (Å²) in [5, 5.41) is 2.66. The summed E-state index contributed by atoms with van der Waals surface area (Å²) in [6.45, 7) is 2.61. The van der Waals surface area contributed by atoms with E-state index in [4.69, 9.17) is 27.9 Å². The van der Waals surface area contributed by atoms with Crippen molar-refractivity contribution in [3.8, 4) is 0 Å². The van der Waals surface area contributed by atoms with Crippen molar-refractivity contribution in [3.05, 3.63) is 59.7 Å². The van der Waals surface area contributed by atoms with Gasteiger partial charge in [0.05, 0.1) is 24.6 Å². The van der Waals surface area contributed by atoms with E-state index < -0.39 is 22.3 Å². The third kappa shape index (κ3) is 15.1. The summed E-state index contributed by atoms with van der Waals surface area (Å²) in [5.41, 5.74) is 0.723. The normalized spacial score (nSPS) is 15.8. The highest BCUT2D eigenvalue weighted by molar-refractivity contribution is 6.50. The molecular weight excluding hydrogens is 557 g/mol. The summed E-state index contributed by atoms with van der Waals surface area (Å²) in [7, 11) is 0. The van der Waals surface area contributed by atoms with Crippen LogP contribution in [0.3, 0.4) is 0 Å². The predicted octanol–water partition coefficient (Wildman–Crippen LogP) is 9.22. The van der Waals surface area contributed by atoms with Crippen LogP contribution < -0.4 is 5.32 Å². The molecule has 0 spiro atoms. The molecule has 7 heteroatoms. The molecule has 1 N–H and O–H groups in total. The Morgan fingerprint density at radius 3 is 1.83 bits per heavy atom. The van der Waals surface area contributed by atoms with Crippen molar-refractivity contribution in [1.29, 1.82) is 0 Å². The number of nitrogens with one attached hydrogen (secondary N) is 1. The van der Waals surface area contributed by atoms with Gasteiger partial charge in [-0.25, -0.2) is 4.79 Å². The third-order valence-corrected chi connectivity index (χ3v) is 8.17. The Morgan fingerprint density at radius 2 is 1.29 bits per heavy atom. The topological polar surface area (TPSA) is 72.5 Å². The van der Waals surface area contributed by atoms with Crippen LogP contribution in [-0.4, -0.2) is 34.6 Å². The van der Waals surface area contributed by atoms with Crippen molar-refractivity contribution in [3.63, 3.8) is 0 Å². The van der Waals surface area contributed by atoms with Crippen molar-refractivity contribution in [2.24, 2.45) is 0 Å². The molecule has 1 atom stereocenters. The van der Waals surface area contributed by atoms with Gasteiger partial charge in [0.15, 0.2) is 10.1 Å². The van der Waals surface area contributed by atoms with Gasteiger partial charge in [0.1, 0.15) is 0 Å². The SMILES string of the molecule is CCCCCCCCCCCCCCCCCCOC(=O)C1=CC(NC(=O)CC(=O)c2ccccc2)C(Cl)(Cl)C=C1. The Bertz CT molecular complexity index is 974.